The summed E-state index contributed by atoms with van der Waals surface area (Å²) in [5, 5.41) is 10.7. The summed E-state index contributed by atoms with van der Waals surface area (Å²) in [7, 11) is 0. The third-order valence-corrected chi connectivity index (χ3v) is 4.00. The SMILES string of the molecule is O=C(O)C[C@@H]1CN(C(=O)CCc2cccs2)CCO1. The molecule has 1 amide bonds. The van der Waals surface area contributed by atoms with Gasteiger partial charge in [-0.25, -0.2) is 0 Å². The maximum atomic E-state index is 12.1. The van der Waals surface area contributed by atoms with Crippen molar-refractivity contribution in [3.63, 3.8) is 0 Å². The molecule has 2 heterocycles. The Morgan fingerprint density at radius 1 is 1.53 bits per heavy atom. The monoisotopic (exact) mass is 283 g/mol. The minimum absolute atomic E-state index is 0.0469. The number of rotatable bonds is 5. The molecular weight excluding hydrogens is 266 g/mol. The van der Waals surface area contributed by atoms with E-state index in [1.807, 2.05) is 17.5 Å². The second-order valence-corrected chi connectivity index (χ2v) is 5.54. The normalized spacial score (nSPS) is 19.4. The van der Waals surface area contributed by atoms with Crippen molar-refractivity contribution in [2.75, 3.05) is 19.7 Å². The molecule has 1 aromatic heterocycles. The van der Waals surface area contributed by atoms with Crippen LogP contribution in [0.1, 0.15) is 17.7 Å². The van der Waals surface area contributed by atoms with Crippen LogP contribution in [0.2, 0.25) is 0 Å². The number of hydrogen-bond acceptors (Lipinski definition) is 4. The average molecular weight is 283 g/mol. The van der Waals surface area contributed by atoms with Gasteiger partial charge in [0, 0.05) is 24.4 Å². The summed E-state index contributed by atoms with van der Waals surface area (Å²) in [4.78, 5) is 25.6. The van der Waals surface area contributed by atoms with Crippen molar-refractivity contribution in [2.24, 2.45) is 0 Å². The Morgan fingerprint density at radius 2 is 2.37 bits per heavy atom. The van der Waals surface area contributed by atoms with Crippen LogP contribution in [0.5, 0.6) is 0 Å². The van der Waals surface area contributed by atoms with Gasteiger partial charge in [-0.05, 0) is 17.9 Å². The van der Waals surface area contributed by atoms with Crippen LogP contribution in [0.25, 0.3) is 0 Å². The molecule has 0 aromatic carbocycles. The molecule has 1 N–H and O–H groups in total. The first-order valence-corrected chi connectivity index (χ1v) is 7.16. The topological polar surface area (TPSA) is 66.8 Å². The molecule has 0 unspecified atom stereocenters. The van der Waals surface area contributed by atoms with Crippen LogP contribution in [-0.4, -0.2) is 47.7 Å². The highest BCUT2D eigenvalue weighted by Gasteiger charge is 2.25. The van der Waals surface area contributed by atoms with Gasteiger partial charge in [-0.3, -0.25) is 9.59 Å². The Hall–Kier alpha value is -1.40. The predicted molar refractivity (Wildman–Crippen MR) is 71.2 cm³/mol. The molecule has 1 saturated heterocycles. The zero-order chi connectivity index (χ0) is 13.7. The molecule has 1 aliphatic heterocycles. The summed E-state index contributed by atoms with van der Waals surface area (Å²) < 4.78 is 5.35. The molecule has 0 radical (unpaired) electrons. The number of hydrogen-bond donors (Lipinski definition) is 1. The van der Waals surface area contributed by atoms with Crippen LogP contribution in [0.15, 0.2) is 17.5 Å². The summed E-state index contributed by atoms with van der Waals surface area (Å²) in [6, 6.07) is 3.99. The number of carbonyl (C=O) groups is 2. The molecule has 104 valence electrons. The van der Waals surface area contributed by atoms with Gasteiger partial charge in [0.05, 0.1) is 19.1 Å². The lowest BCUT2D eigenvalue weighted by Gasteiger charge is -2.32. The molecule has 1 aliphatic rings. The smallest absolute Gasteiger partial charge is 0.306 e. The summed E-state index contributed by atoms with van der Waals surface area (Å²) >= 11 is 1.65. The fraction of sp³-hybridized carbons (Fsp3) is 0.538. The van der Waals surface area contributed by atoms with Gasteiger partial charge in [-0.15, -0.1) is 11.3 Å². The number of carboxylic acid groups (broad SMARTS) is 1. The maximum Gasteiger partial charge on any atom is 0.306 e. The van der Waals surface area contributed by atoms with E-state index in [0.29, 0.717) is 26.1 Å². The van der Waals surface area contributed by atoms with Crippen LogP contribution in [0, 0.1) is 0 Å². The van der Waals surface area contributed by atoms with Gasteiger partial charge < -0.3 is 14.7 Å². The number of thiophene rings is 1. The Balaban J connectivity index is 1.79. The van der Waals surface area contributed by atoms with Crippen LogP contribution < -0.4 is 0 Å². The van der Waals surface area contributed by atoms with Crippen LogP contribution in [0.3, 0.4) is 0 Å². The summed E-state index contributed by atoms with van der Waals surface area (Å²) in [6.45, 7) is 1.36. The highest BCUT2D eigenvalue weighted by atomic mass is 32.1. The van der Waals surface area contributed by atoms with E-state index in [4.69, 9.17) is 9.84 Å². The van der Waals surface area contributed by atoms with E-state index in [1.54, 1.807) is 16.2 Å². The van der Waals surface area contributed by atoms with Crippen molar-refractivity contribution in [1.82, 2.24) is 4.90 Å². The molecule has 6 heteroatoms. The van der Waals surface area contributed by atoms with Crippen LogP contribution in [-0.2, 0) is 20.7 Å². The van der Waals surface area contributed by atoms with Crippen LogP contribution in [0.4, 0.5) is 0 Å². The quantitative estimate of drug-likeness (QED) is 0.886. The molecular formula is C13H17NO4S. The highest BCUT2D eigenvalue weighted by molar-refractivity contribution is 7.09. The van der Waals surface area contributed by atoms with Crippen LogP contribution >= 0.6 is 11.3 Å². The van der Waals surface area contributed by atoms with Gasteiger partial charge in [-0.1, -0.05) is 6.07 Å². The molecule has 5 nitrogen and oxygen atoms in total. The summed E-state index contributed by atoms with van der Waals surface area (Å²) in [5.74, 6) is -0.815. The zero-order valence-electron chi connectivity index (χ0n) is 10.6. The maximum absolute atomic E-state index is 12.1. The number of aryl methyl sites for hydroxylation is 1. The second kappa shape index (κ2) is 6.68. The lowest BCUT2D eigenvalue weighted by molar-refractivity contribution is -0.147. The fourth-order valence-electron chi connectivity index (χ4n) is 2.11. The van der Waals surface area contributed by atoms with Crippen molar-refractivity contribution in [3.05, 3.63) is 22.4 Å². The molecule has 0 saturated carbocycles. The van der Waals surface area contributed by atoms with Crippen molar-refractivity contribution >= 4 is 23.2 Å². The lowest BCUT2D eigenvalue weighted by atomic mass is 10.2. The molecule has 0 aliphatic carbocycles. The Kier molecular flexibility index (Phi) is 4.93. The van der Waals surface area contributed by atoms with E-state index < -0.39 is 5.97 Å². The zero-order valence-corrected chi connectivity index (χ0v) is 11.4. The largest absolute Gasteiger partial charge is 0.481 e. The van der Waals surface area contributed by atoms with E-state index in [9.17, 15) is 9.59 Å². The van der Waals surface area contributed by atoms with Gasteiger partial charge in [0.15, 0.2) is 0 Å². The molecule has 1 fully saturated rings. The number of carboxylic acids is 1. The summed E-state index contributed by atoms with van der Waals surface area (Å²) in [5.41, 5.74) is 0. The highest BCUT2D eigenvalue weighted by Crippen LogP contribution is 2.14. The number of morpholine rings is 1. The standard InChI is InChI=1S/C13H17NO4S/c15-12(4-3-11-2-1-7-19-11)14-5-6-18-10(9-14)8-13(16)17/h1-2,7,10H,3-6,8-9H2,(H,16,17)/t10-/m1/s1. The van der Waals surface area contributed by atoms with Gasteiger partial charge in [0.25, 0.3) is 0 Å². The van der Waals surface area contributed by atoms with E-state index in [-0.39, 0.29) is 18.4 Å². The minimum Gasteiger partial charge on any atom is -0.481 e. The van der Waals surface area contributed by atoms with E-state index in [2.05, 4.69) is 0 Å². The molecule has 1 aromatic rings. The predicted octanol–water partition coefficient (Wildman–Crippen LogP) is 1.38. The van der Waals surface area contributed by atoms with Gasteiger partial charge in [-0.2, -0.15) is 0 Å². The van der Waals surface area contributed by atoms with Crippen molar-refractivity contribution in [1.29, 1.82) is 0 Å². The van der Waals surface area contributed by atoms with Crippen molar-refractivity contribution in [2.45, 2.75) is 25.4 Å². The Bertz CT molecular complexity index is 432. The second-order valence-electron chi connectivity index (χ2n) is 4.51. The molecule has 0 bridgehead atoms. The minimum atomic E-state index is -0.891. The van der Waals surface area contributed by atoms with Gasteiger partial charge in [0.1, 0.15) is 0 Å². The summed E-state index contributed by atoms with van der Waals surface area (Å²) in [6.07, 6.45) is 0.795. The van der Waals surface area contributed by atoms with Gasteiger partial charge >= 0.3 is 5.97 Å². The number of nitrogens with zero attached hydrogens (tertiary/aromatic N) is 1. The first-order valence-electron chi connectivity index (χ1n) is 6.28. The number of aliphatic carboxylic acids is 1. The van der Waals surface area contributed by atoms with E-state index in [1.165, 1.54) is 4.88 Å². The fourth-order valence-corrected chi connectivity index (χ4v) is 2.82. The lowest BCUT2D eigenvalue weighted by Crippen LogP contribution is -2.46. The molecule has 2 rings (SSSR count). The number of carbonyl (C=O) groups excluding carboxylic acids is 1. The first-order chi connectivity index (χ1) is 9.15. The third kappa shape index (κ3) is 4.33. The van der Waals surface area contributed by atoms with E-state index in [0.717, 1.165) is 6.42 Å². The molecule has 0 spiro atoms. The van der Waals surface area contributed by atoms with Crippen molar-refractivity contribution in [3.8, 4) is 0 Å². The Labute approximate surface area is 115 Å². The Morgan fingerprint density at radius 3 is 3.05 bits per heavy atom. The van der Waals surface area contributed by atoms with Crippen molar-refractivity contribution < 1.29 is 19.4 Å². The number of ether oxygens (including phenoxy) is 1. The average Bonchev–Trinajstić information content (AvgIpc) is 2.88. The molecule has 19 heavy (non-hydrogen) atoms. The number of amides is 1. The third-order valence-electron chi connectivity index (χ3n) is 3.06. The molecule has 1 atom stereocenters. The first kappa shape index (κ1) is 14.0. The van der Waals surface area contributed by atoms with Gasteiger partial charge in [0.2, 0.25) is 5.91 Å². The van der Waals surface area contributed by atoms with E-state index >= 15 is 0 Å².